The Morgan fingerprint density at radius 3 is 2.34 bits per heavy atom. The van der Waals surface area contributed by atoms with Crippen LogP contribution in [-0.2, 0) is 26.2 Å². The molecule has 3 aromatic rings. The maximum Gasteiger partial charge on any atom is 0.264 e. The normalized spacial score (nSPS) is 14.3. The van der Waals surface area contributed by atoms with Crippen LogP contribution in [0.5, 0.6) is 5.75 Å². The lowest BCUT2D eigenvalue weighted by atomic mass is 10.1. The molecule has 1 saturated carbocycles. The number of rotatable bonds is 11. The highest BCUT2D eigenvalue weighted by Crippen LogP contribution is 2.28. The Balaban J connectivity index is 1.70. The molecule has 11 heteroatoms. The van der Waals surface area contributed by atoms with E-state index in [1.54, 1.807) is 67.6 Å². The molecule has 2 amide bonds. The monoisotopic (exact) mass is 617 g/mol. The summed E-state index contributed by atoms with van der Waals surface area (Å²) in [5.74, 6) is -0.434. The number of methoxy groups -OCH3 is 1. The van der Waals surface area contributed by atoms with Gasteiger partial charge in [-0.2, -0.15) is 0 Å². The number of ether oxygens (including phenoxy) is 1. The molecule has 0 bridgehead atoms. The molecule has 1 fully saturated rings. The van der Waals surface area contributed by atoms with E-state index in [0.717, 1.165) is 30.0 Å². The molecular weight excluding hydrogens is 585 g/mol. The van der Waals surface area contributed by atoms with E-state index >= 15 is 0 Å². The van der Waals surface area contributed by atoms with E-state index in [4.69, 9.17) is 27.9 Å². The molecule has 1 aliphatic rings. The van der Waals surface area contributed by atoms with Gasteiger partial charge in [0.2, 0.25) is 11.8 Å². The third-order valence-electron chi connectivity index (χ3n) is 7.16. The van der Waals surface area contributed by atoms with Gasteiger partial charge >= 0.3 is 0 Å². The number of sulfonamides is 1. The van der Waals surface area contributed by atoms with E-state index in [9.17, 15) is 18.0 Å². The third-order valence-corrected chi connectivity index (χ3v) is 9.68. The molecule has 0 heterocycles. The Morgan fingerprint density at radius 2 is 1.68 bits per heavy atom. The average Bonchev–Trinajstić information content (AvgIpc) is 3.49. The largest absolute Gasteiger partial charge is 0.497 e. The molecule has 218 valence electrons. The number of benzene rings is 3. The summed E-state index contributed by atoms with van der Waals surface area (Å²) >= 11 is 12.3. The zero-order chi connectivity index (χ0) is 29.6. The molecule has 0 aliphatic heterocycles. The molecule has 3 aromatic carbocycles. The van der Waals surface area contributed by atoms with Crippen molar-refractivity contribution in [2.75, 3.05) is 18.0 Å². The van der Waals surface area contributed by atoms with Gasteiger partial charge < -0.3 is 15.0 Å². The summed E-state index contributed by atoms with van der Waals surface area (Å²) in [5, 5.41) is 3.72. The predicted molar refractivity (Wildman–Crippen MR) is 161 cm³/mol. The van der Waals surface area contributed by atoms with Gasteiger partial charge in [-0.05, 0) is 61.7 Å². The average molecular weight is 619 g/mol. The summed E-state index contributed by atoms with van der Waals surface area (Å²) in [4.78, 5) is 28.8. The molecule has 0 radical (unpaired) electrons. The molecule has 1 unspecified atom stereocenters. The van der Waals surface area contributed by atoms with Crippen LogP contribution in [0.15, 0.2) is 77.7 Å². The van der Waals surface area contributed by atoms with Crippen LogP contribution in [0.2, 0.25) is 10.0 Å². The number of hydrogen-bond donors (Lipinski definition) is 1. The van der Waals surface area contributed by atoms with Gasteiger partial charge in [0.25, 0.3) is 10.0 Å². The summed E-state index contributed by atoms with van der Waals surface area (Å²) < 4.78 is 34.1. The molecule has 8 nitrogen and oxygen atoms in total. The smallest absolute Gasteiger partial charge is 0.264 e. The molecule has 1 atom stereocenters. The molecule has 41 heavy (non-hydrogen) atoms. The number of halogens is 2. The summed E-state index contributed by atoms with van der Waals surface area (Å²) in [6.07, 6.45) is 3.85. The second-order valence-corrected chi connectivity index (χ2v) is 12.6. The highest BCUT2D eigenvalue weighted by atomic mass is 35.5. The maximum absolute atomic E-state index is 14.0. The summed E-state index contributed by atoms with van der Waals surface area (Å²) in [5.41, 5.74) is 0.895. The van der Waals surface area contributed by atoms with Gasteiger partial charge in [0.05, 0.1) is 27.7 Å². The molecule has 1 aliphatic carbocycles. The third kappa shape index (κ3) is 7.52. The highest BCUT2D eigenvalue weighted by molar-refractivity contribution is 7.92. The minimum absolute atomic E-state index is 0.0201. The van der Waals surface area contributed by atoms with Crippen molar-refractivity contribution >= 4 is 50.7 Å². The Morgan fingerprint density at radius 1 is 0.976 bits per heavy atom. The first kappa shape index (κ1) is 30.7. The zero-order valence-electron chi connectivity index (χ0n) is 22.9. The van der Waals surface area contributed by atoms with Crippen LogP contribution in [0, 0.1) is 0 Å². The van der Waals surface area contributed by atoms with E-state index in [1.807, 2.05) is 0 Å². The first-order valence-corrected chi connectivity index (χ1v) is 15.6. The molecular formula is C30H33Cl2N3O5S. The second kappa shape index (κ2) is 13.6. The number of anilines is 1. The van der Waals surface area contributed by atoms with Crippen LogP contribution in [0.4, 0.5) is 5.69 Å². The van der Waals surface area contributed by atoms with Crippen molar-refractivity contribution in [1.82, 2.24) is 10.2 Å². The molecule has 0 spiro atoms. The summed E-state index contributed by atoms with van der Waals surface area (Å²) in [7, 11) is -2.69. The van der Waals surface area contributed by atoms with Gasteiger partial charge in [-0.15, -0.1) is 0 Å². The molecule has 0 saturated heterocycles. The van der Waals surface area contributed by atoms with Gasteiger partial charge in [0, 0.05) is 18.7 Å². The van der Waals surface area contributed by atoms with Crippen molar-refractivity contribution in [2.24, 2.45) is 0 Å². The van der Waals surface area contributed by atoms with E-state index in [0.29, 0.717) is 21.4 Å². The van der Waals surface area contributed by atoms with Crippen molar-refractivity contribution in [3.8, 4) is 5.75 Å². The van der Waals surface area contributed by atoms with E-state index in [2.05, 4.69) is 5.32 Å². The van der Waals surface area contributed by atoms with Gasteiger partial charge in [-0.1, -0.05) is 66.4 Å². The van der Waals surface area contributed by atoms with Crippen LogP contribution < -0.4 is 14.4 Å². The predicted octanol–water partition coefficient (Wildman–Crippen LogP) is 5.67. The van der Waals surface area contributed by atoms with Crippen LogP contribution >= 0.6 is 23.2 Å². The molecule has 1 N–H and O–H groups in total. The molecule has 0 aromatic heterocycles. The second-order valence-electron chi connectivity index (χ2n) is 9.96. The first-order chi connectivity index (χ1) is 19.6. The lowest BCUT2D eigenvalue weighted by Gasteiger charge is -2.32. The first-order valence-electron chi connectivity index (χ1n) is 13.4. The number of nitrogens with zero attached hydrogens (tertiary/aromatic N) is 2. The van der Waals surface area contributed by atoms with Crippen molar-refractivity contribution in [3.05, 3.63) is 88.4 Å². The number of carbonyl (C=O) groups excluding carboxylic acids is 2. The highest BCUT2D eigenvalue weighted by Gasteiger charge is 2.33. The lowest BCUT2D eigenvalue weighted by molar-refractivity contribution is -0.139. The Hall–Kier alpha value is -3.27. The molecule has 4 rings (SSSR count). The van der Waals surface area contributed by atoms with Crippen LogP contribution in [-0.4, -0.2) is 50.9 Å². The van der Waals surface area contributed by atoms with Crippen molar-refractivity contribution < 1.29 is 22.7 Å². The number of nitrogens with one attached hydrogen (secondary N) is 1. The van der Waals surface area contributed by atoms with E-state index < -0.39 is 28.5 Å². The SMILES string of the molecule is COc1cccc(N(CC(=O)N(Cc2ccc(Cl)c(Cl)c2)C(C)C(=O)NC2CCCC2)S(=O)(=O)c2ccccc2)c1. The minimum atomic E-state index is -4.17. The Bertz CT molecular complexity index is 1480. The fourth-order valence-electron chi connectivity index (χ4n) is 4.82. The van der Waals surface area contributed by atoms with Crippen molar-refractivity contribution in [3.63, 3.8) is 0 Å². The van der Waals surface area contributed by atoms with Crippen LogP contribution in [0.25, 0.3) is 0 Å². The fourth-order valence-corrected chi connectivity index (χ4v) is 6.57. The summed E-state index contributed by atoms with van der Waals surface area (Å²) in [6, 6.07) is 18.5. The number of amides is 2. The van der Waals surface area contributed by atoms with Gasteiger partial charge in [0.15, 0.2) is 0 Å². The Labute approximate surface area is 251 Å². The summed E-state index contributed by atoms with van der Waals surface area (Å²) in [6.45, 7) is 1.11. The van der Waals surface area contributed by atoms with E-state index in [-0.39, 0.29) is 29.1 Å². The topological polar surface area (TPSA) is 96.0 Å². The zero-order valence-corrected chi connectivity index (χ0v) is 25.3. The van der Waals surface area contributed by atoms with Crippen molar-refractivity contribution in [2.45, 2.75) is 56.1 Å². The van der Waals surface area contributed by atoms with Gasteiger partial charge in [-0.25, -0.2) is 8.42 Å². The fraction of sp³-hybridized carbons (Fsp3) is 0.333. The maximum atomic E-state index is 14.0. The van der Waals surface area contributed by atoms with Crippen molar-refractivity contribution in [1.29, 1.82) is 0 Å². The number of hydrogen-bond acceptors (Lipinski definition) is 5. The lowest BCUT2D eigenvalue weighted by Crippen LogP contribution is -2.52. The Kier molecular flexibility index (Phi) is 10.2. The van der Waals surface area contributed by atoms with Gasteiger partial charge in [0.1, 0.15) is 18.3 Å². The minimum Gasteiger partial charge on any atom is -0.497 e. The number of carbonyl (C=O) groups is 2. The van der Waals surface area contributed by atoms with E-state index in [1.165, 1.54) is 24.1 Å². The van der Waals surface area contributed by atoms with Gasteiger partial charge in [-0.3, -0.25) is 13.9 Å². The van der Waals surface area contributed by atoms with Crippen LogP contribution in [0.1, 0.15) is 38.2 Å². The quantitative estimate of drug-likeness (QED) is 0.299. The van der Waals surface area contributed by atoms with Crippen LogP contribution in [0.3, 0.4) is 0 Å². The standard InChI is InChI=1S/C30H33Cl2N3O5S/c1-21(30(37)33-23-9-6-7-10-23)34(19-22-15-16-27(31)28(32)17-22)29(36)20-35(24-11-8-12-25(18-24)40-2)41(38,39)26-13-4-3-5-14-26/h3-5,8,11-18,21,23H,6-7,9-10,19-20H2,1-2H3,(H,33,37).